The maximum atomic E-state index is 10.5. The van der Waals surface area contributed by atoms with E-state index in [4.69, 9.17) is 17.3 Å². The van der Waals surface area contributed by atoms with Crippen LogP contribution in [-0.2, 0) is 4.79 Å². The molecule has 0 spiro atoms. The summed E-state index contributed by atoms with van der Waals surface area (Å²) in [6, 6.07) is 3.89. The van der Waals surface area contributed by atoms with E-state index in [0.717, 1.165) is 9.21 Å². The molecule has 0 saturated carbocycles. The Hall–Kier alpha value is -0.580. The van der Waals surface area contributed by atoms with Crippen LogP contribution in [0.25, 0.3) is 0 Å². The Bertz CT molecular complexity index is 300. The molecule has 1 rings (SSSR count). The van der Waals surface area contributed by atoms with Crippen molar-refractivity contribution in [1.29, 1.82) is 0 Å². The molecule has 5 heteroatoms. The molecule has 0 radical (unpaired) electrons. The summed E-state index contributed by atoms with van der Waals surface area (Å²) in [4.78, 5) is 11.6. The Balaban J connectivity index is 2.48. The van der Waals surface area contributed by atoms with Crippen molar-refractivity contribution in [3.63, 3.8) is 0 Å². The minimum atomic E-state index is -0.352. The van der Waals surface area contributed by atoms with E-state index in [1.165, 1.54) is 11.3 Å². The summed E-state index contributed by atoms with van der Waals surface area (Å²) in [6.45, 7) is 2.15. The van der Waals surface area contributed by atoms with Gasteiger partial charge in [-0.25, -0.2) is 0 Å². The van der Waals surface area contributed by atoms with Crippen LogP contribution in [0.3, 0.4) is 0 Å². The summed E-state index contributed by atoms with van der Waals surface area (Å²) in [5.74, 6) is -0.352. The first-order chi connectivity index (χ1) is 6.09. The minimum absolute atomic E-state index is 0.116. The molecule has 0 aliphatic heterocycles. The molecule has 0 saturated heterocycles. The van der Waals surface area contributed by atoms with Gasteiger partial charge < -0.3 is 11.1 Å². The number of hydrogen-bond donors (Lipinski definition) is 2. The highest BCUT2D eigenvalue weighted by molar-refractivity contribution is 7.16. The van der Waals surface area contributed by atoms with Crippen LogP contribution < -0.4 is 11.1 Å². The van der Waals surface area contributed by atoms with Gasteiger partial charge in [-0.2, -0.15) is 0 Å². The zero-order valence-electron chi connectivity index (χ0n) is 7.21. The lowest BCUT2D eigenvalue weighted by Gasteiger charge is -2.09. The van der Waals surface area contributed by atoms with Crippen LogP contribution in [-0.4, -0.2) is 12.5 Å². The topological polar surface area (TPSA) is 55.1 Å². The van der Waals surface area contributed by atoms with Crippen molar-refractivity contribution in [2.75, 3.05) is 6.54 Å². The molecule has 0 aliphatic rings. The van der Waals surface area contributed by atoms with Crippen molar-refractivity contribution in [1.82, 2.24) is 5.32 Å². The second kappa shape index (κ2) is 4.60. The third-order valence-electron chi connectivity index (χ3n) is 1.60. The summed E-state index contributed by atoms with van der Waals surface area (Å²) in [5, 5.41) is 2.99. The van der Waals surface area contributed by atoms with Crippen molar-refractivity contribution >= 4 is 28.8 Å². The van der Waals surface area contributed by atoms with E-state index in [9.17, 15) is 4.79 Å². The number of rotatable bonds is 4. The molecule has 0 aromatic carbocycles. The van der Waals surface area contributed by atoms with Crippen LogP contribution >= 0.6 is 22.9 Å². The fourth-order valence-corrected chi connectivity index (χ4v) is 2.00. The maximum Gasteiger partial charge on any atom is 0.231 e. The molecule has 1 unspecified atom stereocenters. The molecule has 1 aromatic rings. The first-order valence-electron chi connectivity index (χ1n) is 3.86. The van der Waals surface area contributed by atoms with Crippen molar-refractivity contribution in [2.45, 2.75) is 13.0 Å². The molecule has 1 aromatic heterocycles. The van der Waals surface area contributed by atoms with Gasteiger partial charge in [0.2, 0.25) is 5.91 Å². The summed E-state index contributed by atoms with van der Waals surface area (Å²) < 4.78 is 0.753. The molecular weight excluding hydrogens is 208 g/mol. The van der Waals surface area contributed by atoms with Gasteiger partial charge in [0.15, 0.2) is 0 Å². The molecule has 1 heterocycles. The monoisotopic (exact) mass is 218 g/mol. The number of primary amides is 1. The number of amides is 1. The van der Waals surface area contributed by atoms with E-state index >= 15 is 0 Å². The Labute approximate surface area is 85.9 Å². The molecule has 1 amide bonds. The summed E-state index contributed by atoms with van der Waals surface area (Å²) in [7, 11) is 0. The molecule has 3 N–H and O–H groups in total. The normalized spacial score (nSPS) is 12.8. The lowest BCUT2D eigenvalue weighted by Crippen LogP contribution is -2.30. The number of carbonyl (C=O) groups is 1. The Morgan fingerprint density at radius 3 is 2.92 bits per heavy atom. The third-order valence-corrected chi connectivity index (χ3v) is 3.02. The van der Waals surface area contributed by atoms with Gasteiger partial charge in [0.1, 0.15) is 0 Å². The molecule has 72 valence electrons. The number of nitrogens with two attached hydrogens (primary N) is 1. The van der Waals surface area contributed by atoms with Crippen molar-refractivity contribution in [3.8, 4) is 0 Å². The maximum absolute atomic E-state index is 10.5. The third kappa shape index (κ3) is 3.34. The van der Waals surface area contributed by atoms with E-state index < -0.39 is 0 Å². The second-order valence-corrected chi connectivity index (χ2v) is 4.46. The fraction of sp³-hybridized carbons (Fsp3) is 0.375. The van der Waals surface area contributed by atoms with Gasteiger partial charge in [0.05, 0.1) is 10.9 Å². The molecule has 13 heavy (non-hydrogen) atoms. The smallest absolute Gasteiger partial charge is 0.231 e. The van der Waals surface area contributed by atoms with Crippen LogP contribution in [0, 0.1) is 0 Å². The Morgan fingerprint density at radius 1 is 1.77 bits per heavy atom. The zero-order valence-corrected chi connectivity index (χ0v) is 8.78. The van der Waals surface area contributed by atoms with Crippen LogP contribution in [0.2, 0.25) is 4.34 Å². The SMILES string of the molecule is CC(NCC(N)=O)c1ccc(Cl)s1. The van der Waals surface area contributed by atoms with Crippen molar-refractivity contribution in [2.24, 2.45) is 5.73 Å². The van der Waals surface area contributed by atoms with Crippen LogP contribution in [0.1, 0.15) is 17.8 Å². The standard InChI is InChI=1S/C8H11ClN2OS/c1-5(11-4-8(10)12)6-2-3-7(9)13-6/h2-3,5,11H,4H2,1H3,(H2,10,12). The van der Waals surface area contributed by atoms with Gasteiger partial charge in [0, 0.05) is 10.9 Å². The van der Waals surface area contributed by atoms with Gasteiger partial charge in [-0.1, -0.05) is 11.6 Å². The van der Waals surface area contributed by atoms with Crippen LogP contribution in [0.15, 0.2) is 12.1 Å². The van der Waals surface area contributed by atoms with Crippen molar-refractivity contribution < 1.29 is 4.79 Å². The number of thiophene rings is 1. The predicted molar refractivity (Wildman–Crippen MR) is 54.9 cm³/mol. The largest absolute Gasteiger partial charge is 0.369 e. The second-order valence-electron chi connectivity index (χ2n) is 2.71. The molecule has 0 fully saturated rings. The quantitative estimate of drug-likeness (QED) is 0.806. The molecule has 1 atom stereocenters. The first-order valence-corrected chi connectivity index (χ1v) is 5.06. The predicted octanol–water partition coefficient (Wildman–Crippen LogP) is 1.54. The average Bonchev–Trinajstić information content (AvgIpc) is 2.47. The van der Waals surface area contributed by atoms with Gasteiger partial charge in [-0.05, 0) is 19.1 Å². The lowest BCUT2D eigenvalue weighted by molar-refractivity contribution is -0.117. The zero-order chi connectivity index (χ0) is 9.84. The van der Waals surface area contributed by atoms with Crippen molar-refractivity contribution in [3.05, 3.63) is 21.3 Å². The van der Waals surface area contributed by atoms with E-state index in [1.54, 1.807) is 0 Å². The number of carbonyl (C=O) groups excluding carboxylic acids is 1. The summed E-state index contributed by atoms with van der Waals surface area (Å²) in [6.07, 6.45) is 0. The van der Waals surface area contributed by atoms with Gasteiger partial charge >= 0.3 is 0 Å². The van der Waals surface area contributed by atoms with Crippen LogP contribution in [0.5, 0.6) is 0 Å². The summed E-state index contributed by atoms with van der Waals surface area (Å²) >= 11 is 7.26. The molecule has 0 aliphatic carbocycles. The highest BCUT2D eigenvalue weighted by Gasteiger charge is 2.07. The van der Waals surface area contributed by atoms with Gasteiger partial charge in [-0.3, -0.25) is 4.79 Å². The number of hydrogen-bond acceptors (Lipinski definition) is 3. The highest BCUT2D eigenvalue weighted by Crippen LogP contribution is 2.26. The molecular formula is C8H11ClN2OS. The van der Waals surface area contributed by atoms with Gasteiger partial charge in [-0.15, -0.1) is 11.3 Å². The average molecular weight is 219 g/mol. The highest BCUT2D eigenvalue weighted by atomic mass is 35.5. The van der Waals surface area contributed by atoms with E-state index in [1.807, 2.05) is 19.1 Å². The Kier molecular flexibility index (Phi) is 3.71. The van der Waals surface area contributed by atoms with E-state index in [2.05, 4.69) is 5.32 Å². The van der Waals surface area contributed by atoms with Crippen LogP contribution in [0.4, 0.5) is 0 Å². The lowest BCUT2D eigenvalue weighted by atomic mass is 10.3. The number of nitrogens with one attached hydrogen (secondary N) is 1. The first kappa shape index (κ1) is 10.5. The Morgan fingerprint density at radius 2 is 2.46 bits per heavy atom. The van der Waals surface area contributed by atoms with E-state index in [-0.39, 0.29) is 18.5 Å². The number of halogens is 1. The van der Waals surface area contributed by atoms with Gasteiger partial charge in [0.25, 0.3) is 0 Å². The summed E-state index contributed by atoms with van der Waals surface area (Å²) in [5.41, 5.74) is 5.00. The van der Waals surface area contributed by atoms with E-state index in [0.29, 0.717) is 0 Å². The molecule has 3 nitrogen and oxygen atoms in total. The minimum Gasteiger partial charge on any atom is -0.369 e. The molecule has 0 bridgehead atoms. The fourth-order valence-electron chi connectivity index (χ4n) is 0.915.